The maximum absolute atomic E-state index is 12.0. The third-order valence-electron chi connectivity index (χ3n) is 3.87. The van der Waals surface area contributed by atoms with Crippen LogP contribution in [0.25, 0.3) is 5.70 Å². The van der Waals surface area contributed by atoms with Crippen molar-refractivity contribution in [2.24, 2.45) is 16.0 Å². The Morgan fingerprint density at radius 3 is 2.46 bits per heavy atom. The number of azo groups is 1. The Bertz CT molecular complexity index is 822. The molecule has 122 valence electrons. The van der Waals surface area contributed by atoms with Crippen LogP contribution < -0.4 is 11.1 Å². The summed E-state index contributed by atoms with van der Waals surface area (Å²) in [6, 6.07) is 17.2. The number of primary amides is 1. The van der Waals surface area contributed by atoms with Gasteiger partial charge in [0.05, 0.1) is 11.4 Å². The van der Waals surface area contributed by atoms with Gasteiger partial charge in [-0.3, -0.25) is 4.79 Å². The van der Waals surface area contributed by atoms with Crippen LogP contribution in [0.4, 0.5) is 5.69 Å². The molecule has 1 amide bonds. The van der Waals surface area contributed by atoms with Crippen LogP contribution in [0.15, 0.2) is 70.5 Å². The minimum absolute atomic E-state index is 0.138. The number of nitrogens with two attached hydrogens (primary N) is 1. The fourth-order valence-corrected chi connectivity index (χ4v) is 2.86. The largest absolute Gasteiger partial charge is 0.377 e. The van der Waals surface area contributed by atoms with Gasteiger partial charge in [-0.1, -0.05) is 42.5 Å². The van der Waals surface area contributed by atoms with Crippen molar-refractivity contribution >= 4 is 17.3 Å². The number of hydrogen-bond donors (Lipinski definition) is 2. The Balaban J connectivity index is 2.12. The summed E-state index contributed by atoms with van der Waals surface area (Å²) >= 11 is 0. The molecule has 0 saturated carbocycles. The van der Waals surface area contributed by atoms with Crippen LogP contribution >= 0.6 is 0 Å². The first-order valence-electron chi connectivity index (χ1n) is 7.84. The highest BCUT2D eigenvalue weighted by Crippen LogP contribution is 2.32. The van der Waals surface area contributed by atoms with Gasteiger partial charge >= 0.3 is 0 Å². The molecule has 1 heterocycles. The molecule has 0 radical (unpaired) electrons. The van der Waals surface area contributed by atoms with Crippen LogP contribution in [0.5, 0.6) is 0 Å². The number of carbonyl (C=O) groups excluding carboxylic acids is 1. The quantitative estimate of drug-likeness (QED) is 0.670. The molecular weight excluding hydrogens is 300 g/mol. The number of nitrogens with zero attached hydrogens (tertiary/aromatic N) is 2. The van der Waals surface area contributed by atoms with E-state index in [0.717, 1.165) is 17.5 Å². The Hall–Kier alpha value is -2.95. The third-order valence-corrected chi connectivity index (χ3v) is 3.87. The van der Waals surface area contributed by atoms with E-state index < -0.39 is 5.91 Å². The van der Waals surface area contributed by atoms with E-state index in [4.69, 9.17) is 5.73 Å². The number of hydrogen-bond acceptors (Lipinski definition) is 4. The van der Waals surface area contributed by atoms with Crippen molar-refractivity contribution in [2.45, 2.75) is 25.8 Å². The van der Waals surface area contributed by atoms with Gasteiger partial charge in [-0.05, 0) is 38.0 Å². The predicted molar refractivity (Wildman–Crippen MR) is 94.4 cm³/mol. The van der Waals surface area contributed by atoms with E-state index >= 15 is 0 Å². The van der Waals surface area contributed by atoms with Gasteiger partial charge in [0.1, 0.15) is 0 Å². The minimum atomic E-state index is -0.607. The van der Waals surface area contributed by atoms with Gasteiger partial charge < -0.3 is 11.1 Å². The van der Waals surface area contributed by atoms with Crippen molar-refractivity contribution in [1.82, 2.24) is 5.32 Å². The summed E-state index contributed by atoms with van der Waals surface area (Å²) in [5, 5.41) is 11.7. The smallest absolute Gasteiger partial charge is 0.271 e. The third kappa shape index (κ3) is 3.35. The van der Waals surface area contributed by atoms with E-state index in [1.165, 1.54) is 0 Å². The lowest BCUT2D eigenvalue weighted by Crippen LogP contribution is -2.44. The van der Waals surface area contributed by atoms with Gasteiger partial charge in [0.25, 0.3) is 5.91 Å². The van der Waals surface area contributed by atoms with Gasteiger partial charge in [-0.15, -0.1) is 5.11 Å². The van der Waals surface area contributed by atoms with Crippen molar-refractivity contribution in [3.63, 3.8) is 0 Å². The molecule has 0 fully saturated rings. The number of nitrogens with one attached hydrogen (secondary N) is 1. The van der Waals surface area contributed by atoms with Crippen molar-refractivity contribution in [2.75, 3.05) is 0 Å². The fraction of sp³-hybridized carbons (Fsp3) is 0.211. The Morgan fingerprint density at radius 1 is 1.08 bits per heavy atom. The Kier molecular flexibility index (Phi) is 4.16. The highest BCUT2D eigenvalue weighted by Gasteiger charge is 2.30. The van der Waals surface area contributed by atoms with E-state index in [1.54, 1.807) is 0 Å². The standard InChI is InChI=1S/C19H20N4O/c1-19(2)12-13-8-6-7-11-15(13)16(21-19)17(18(20)24)23-22-14-9-4-3-5-10-14/h3-11,21H,12H2,1-2H3,(H2,20,24). The summed E-state index contributed by atoms with van der Waals surface area (Å²) in [6.45, 7) is 4.16. The van der Waals surface area contributed by atoms with Crippen molar-refractivity contribution in [1.29, 1.82) is 0 Å². The summed E-state index contributed by atoms with van der Waals surface area (Å²) in [6.07, 6.45) is 0.856. The van der Waals surface area contributed by atoms with Crippen molar-refractivity contribution in [3.05, 3.63) is 71.4 Å². The molecule has 0 unspecified atom stereocenters. The number of rotatable bonds is 3. The van der Waals surface area contributed by atoms with Gasteiger partial charge in [-0.2, -0.15) is 5.11 Å². The van der Waals surface area contributed by atoms with Crippen LogP contribution in [0.3, 0.4) is 0 Å². The van der Waals surface area contributed by atoms with Crippen LogP contribution in [0.2, 0.25) is 0 Å². The second-order valence-corrected chi connectivity index (χ2v) is 6.47. The highest BCUT2D eigenvalue weighted by molar-refractivity contribution is 6.00. The van der Waals surface area contributed by atoms with Crippen LogP contribution in [0.1, 0.15) is 25.0 Å². The molecule has 1 aliphatic heterocycles. The minimum Gasteiger partial charge on any atom is -0.377 e. The van der Waals surface area contributed by atoms with Gasteiger partial charge in [0.15, 0.2) is 5.70 Å². The molecule has 3 rings (SSSR count). The Labute approximate surface area is 141 Å². The summed E-state index contributed by atoms with van der Waals surface area (Å²) in [4.78, 5) is 12.0. The molecule has 2 aromatic rings. The molecule has 3 N–H and O–H groups in total. The number of amides is 1. The summed E-state index contributed by atoms with van der Waals surface area (Å²) in [5.41, 5.74) is 8.92. The summed E-state index contributed by atoms with van der Waals surface area (Å²) < 4.78 is 0. The zero-order valence-corrected chi connectivity index (χ0v) is 13.8. The van der Waals surface area contributed by atoms with Gasteiger partial charge in [0.2, 0.25) is 0 Å². The average molecular weight is 320 g/mol. The summed E-state index contributed by atoms with van der Waals surface area (Å²) in [5.74, 6) is -0.607. The first kappa shape index (κ1) is 15.9. The van der Waals surface area contributed by atoms with E-state index in [-0.39, 0.29) is 11.2 Å². The SMILES string of the molecule is CC1(C)Cc2ccccc2C(=C(N=Nc2ccccc2)C(N)=O)N1. The van der Waals surface area contributed by atoms with E-state index in [0.29, 0.717) is 11.4 Å². The van der Waals surface area contributed by atoms with Crippen LogP contribution in [-0.2, 0) is 11.2 Å². The maximum Gasteiger partial charge on any atom is 0.271 e. The van der Waals surface area contributed by atoms with E-state index in [2.05, 4.69) is 35.5 Å². The molecule has 24 heavy (non-hydrogen) atoms. The molecule has 0 bridgehead atoms. The molecular formula is C19H20N4O. The van der Waals surface area contributed by atoms with E-state index in [9.17, 15) is 4.79 Å². The van der Waals surface area contributed by atoms with Gasteiger partial charge in [-0.25, -0.2) is 0 Å². The molecule has 0 aromatic heterocycles. The predicted octanol–water partition coefficient (Wildman–Crippen LogP) is 3.55. The normalized spacial score (nSPS) is 17.9. The lowest BCUT2D eigenvalue weighted by atomic mass is 9.85. The van der Waals surface area contributed by atoms with Crippen molar-refractivity contribution in [3.8, 4) is 0 Å². The first-order chi connectivity index (χ1) is 11.5. The second kappa shape index (κ2) is 6.28. The molecule has 1 aliphatic rings. The second-order valence-electron chi connectivity index (χ2n) is 6.47. The molecule has 0 atom stereocenters. The molecule has 0 spiro atoms. The lowest BCUT2D eigenvalue weighted by Gasteiger charge is -2.35. The van der Waals surface area contributed by atoms with Crippen LogP contribution in [-0.4, -0.2) is 11.4 Å². The molecule has 0 aliphatic carbocycles. The monoisotopic (exact) mass is 320 g/mol. The number of carbonyl (C=O) groups is 1. The fourth-order valence-electron chi connectivity index (χ4n) is 2.86. The maximum atomic E-state index is 12.0. The topological polar surface area (TPSA) is 79.8 Å². The van der Waals surface area contributed by atoms with Crippen LogP contribution in [0, 0.1) is 0 Å². The highest BCUT2D eigenvalue weighted by atomic mass is 16.1. The first-order valence-corrected chi connectivity index (χ1v) is 7.84. The molecule has 5 heteroatoms. The lowest BCUT2D eigenvalue weighted by molar-refractivity contribution is -0.114. The molecule has 0 saturated heterocycles. The number of benzene rings is 2. The molecule has 5 nitrogen and oxygen atoms in total. The Morgan fingerprint density at radius 2 is 1.75 bits per heavy atom. The van der Waals surface area contributed by atoms with Crippen molar-refractivity contribution < 1.29 is 4.79 Å². The summed E-state index contributed by atoms with van der Waals surface area (Å²) in [7, 11) is 0. The zero-order chi connectivity index (χ0) is 17.2. The molecule has 2 aromatic carbocycles. The zero-order valence-electron chi connectivity index (χ0n) is 13.8. The average Bonchev–Trinajstić information content (AvgIpc) is 2.54. The number of fused-ring (bicyclic) bond motifs is 1. The van der Waals surface area contributed by atoms with Gasteiger partial charge in [0, 0.05) is 11.1 Å². The van der Waals surface area contributed by atoms with E-state index in [1.807, 2.05) is 48.5 Å².